The van der Waals surface area contributed by atoms with Gasteiger partial charge in [0.2, 0.25) is 0 Å². The Labute approximate surface area is 244 Å². The fraction of sp³-hybridized carbons (Fsp3) is 0.417. The zero-order valence-electron chi connectivity index (χ0n) is 20.6. The second kappa shape index (κ2) is 14.9. The minimum Gasteiger partial charge on any atom is -0.549 e. The molecular weight excluding hydrogens is 575 g/mol. The second-order valence-electron chi connectivity index (χ2n) is 8.77. The summed E-state index contributed by atoms with van der Waals surface area (Å²) in [6, 6.07) is 10.5. The van der Waals surface area contributed by atoms with E-state index < -0.39 is 42.0 Å². The molecular formula is C24H26N5O8Y. The molecule has 13 nitrogen and oxygen atoms in total. The summed E-state index contributed by atoms with van der Waals surface area (Å²) in [6.07, 6.45) is 0.255. The Hall–Kier alpha value is -2.84. The summed E-state index contributed by atoms with van der Waals surface area (Å²) in [5.74, 6) is -3.94. The maximum Gasteiger partial charge on any atom is 3.00 e. The van der Waals surface area contributed by atoms with Crippen molar-refractivity contribution in [1.29, 1.82) is 0 Å². The van der Waals surface area contributed by atoms with Gasteiger partial charge in [-0.2, -0.15) is 0 Å². The van der Waals surface area contributed by atoms with E-state index in [4.69, 9.17) is 0 Å². The molecule has 0 amide bonds. The Balaban J connectivity index is 0.00000507. The van der Waals surface area contributed by atoms with Gasteiger partial charge in [-0.25, -0.2) is 0 Å². The molecule has 1 aromatic carbocycles. The number of aliphatic carboxylic acids is 3. The molecule has 0 spiro atoms. The SMILES string of the molecule is O=C([O-])CN1CCN(CC(=O)[O-])Cc2cccc(n2)C(Cc2ccc([N+](=O)[O-])cc2)N(CC(=O)[O-])CC1.[Y+3]. The average Bonchev–Trinajstić information content (AvgIpc) is 2.82. The number of non-ortho nitro benzene ring substituents is 1. The number of aromatic nitrogens is 1. The van der Waals surface area contributed by atoms with Crippen LogP contribution >= 0.6 is 0 Å². The molecule has 3 rings (SSSR count). The molecule has 0 fully saturated rings. The van der Waals surface area contributed by atoms with Crippen molar-refractivity contribution in [3.05, 3.63) is 69.5 Å². The van der Waals surface area contributed by atoms with E-state index in [0.717, 1.165) is 0 Å². The smallest absolute Gasteiger partial charge is 0.549 e. The molecule has 2 bridgehead atoms. The minimum absolute atomic E-state index is 0. The van der Waals surface area contributed by atoms with Crippen LogP contribution in [0.25, 0.3) is 0 Å². The molecule has 0 saturated heterocycles. The summed E-state index contributed by atoms with van der Waals surface area (Å²) >= 11 is 0. The fourth-order valence-corrected chi connectivity index (χ4v) is 4.31. The quantitative estimate of drug-likeness (QED) is 0.209. The van der Waals surface area contributed by atoms with Gasteiger partial charge >= 0.3 is 32.7 Å². The van der Waals surface area contributed by atoms with Crippen molar-refractivity contribution in [3.63, 3.8) is 0 Å². The van der Waals surface area contributed by atoms with Crippen LogP contribution in [0.2, 0.25) is 0 Å². The number of carboxylic acid groups (broad SMARTS) is 3. The molecule has 0 saturated carbocycles. The number of nitro groups is 1. The summed E-state index contributed by atoms with van der Waals surface area (Å²) in [6.45, 7) is -0.441. The van der Waals surface area contributed by atoms with Gasteiger partial charge in [-0.15, -0.1) is 0 Å². The van der Waals surface area contributed by atoms with Gasteiger partial charge in [0, 0.05) is 64.5 Å². The first-order chi connectivity index (χ1) is 17.6. The summed E-state index contributed by atoms with van der Waals surface area (Å²) in [7, 11) is 0. The van der Waals surface area contributed by atoms with Crippen molar-refractivity contribution in [2.45, 2.75) is 19.0 Å². The molecule has 1 aliphatic rings. The summed E-state index contributed by atoms with van der Waals surface area (Å²) in [4.78, 5) is 54.2. The van der Waals surface area contributed by atoms with Crippen LogP contribution in [0.1, 0.15) is 23.0 Å². The molecule has 1 aromatic heterocycles. The number of carbonyl (C=O) groups excluding carboxylic acids is 3. The van der Waals surface area contributed by atoms with Gasteiger partial charge in [-0.05, 0) is 24.1 Å². The van der Waals surface area contributed by atoms with Crippen molar-refractivity contribution in [2.75, 3.05) is 45.8 Å². The molecule has 14 heteroatoms. The number of hydrogen-bond acceptors (Lipinski definition) is 12. The predicted molar refractivity (Wildman–Crippen MR) is 122 cm³/mol. The van der Waals surface area contributed by atoms with Crippen LogP contribution < -0.4 is 15.3 Å². The maximum absolute atomic E-state index is 11.7. The van der Waals surface area contributed by atoms with Crippen molar-refractivity contribution < 1.29 is 67.3 Å². The number of benzene rings is 1. The molecule has 2 aromatic rings. The van der Waals surface area contributed by atoms with Crippen molar-refractivity contribution in [3.8, 4) is 0 Å². The monoisotopic (exact) mass is 601 g/mol. The number of hydrogen-bond donors (Lipinski definition) is 0. The topological polar surface area (TPSA) is 186 Å². The van der Waals surface area contributed by atoms with Crippen molar-refractivity contribution in [1.82, 2.24) is 19.7 Å². The van der Waals surface area contributed by atoms with Crippen LogP contribution in [0.5, 0.6) is 0 Å². The molecule has 1 atom stereocenters. The Bertz CT molecular complexity index is 1130. The normalized spacial score (nSPS) is 17.4. The van der Waals surface area contributed by atoms with Crippen molar-refractivity contribution >= 4 is 23.6 Å². The van der Waals surface area contributed by atoms with E-state index in [1.807, 2.05) is 0 Å². The van der Waals surface area contributed by atoms with E-state index in [9.17, 15) is 39.8 Å². The maximum atomic E-state index is 11.7. The fourth-order valence-electron chi connectivity index (χ4n) is 4.31. The zero-order valence-corrected chi connectivity index (χ0v) is 23.4. The van der Waals surface area contributed by atoms with Crippen LogP contribution in [0, 0.1) is 10.1 Å². The molecule has 0 radical (unpaired) electrons. The molecule has 1 unspecified atom stereocenters. The van der Waals surface area contributed by atoms with E-state index in [-0.39, 0.29) is 84.1 Å². The first-order valence-corrected chi connectivity index (χ1v) is 11.6. The third kappa shape index (κ3) is 9.80. The average molecular weight is 601 g/mol. The molecule has 0 aliphatic carbocycles. The number of fused-ring (bicyclic) bond motifs is 2. The number of carbonyl (C=O) groups is 3. The summed E-state index contributed by atoms with van der Waals surface area (Å²) in [5, 5.41) is 45.3. The Kier molecular flexibility index (Phi) is 12.3. The van der Waals surface area contributed by atoms with Crippen molar-refractivity contribution in [2.24, 2.45) is 0 Å². The number of pyridine rings is 1. The zero-order chi connectivity index (χ0) is 26.9. The number of rotatable bonds is 9. The first-order valence-electron chi connectivity index (χ1n) is 11.6. The molecule has 2 heterocycles. The molecule has 198 valence electrons. The van der Waals surface area contributed by atoms with E-state index in [1.165, 1.54) is 12.1 Å². The van der Waals surface area contributed by atoms with E-state index in [1.54, 1.807) is 45.0 Å². The van der Waals surface area contributed by atoms with Crippen LogP contribution in [-0.4, -0.2) is 88.3 Å². The standard InChI is InChI=1S/C24H29N5O8.Y/c30-22(31)14-26-8-9-27(15-23(32)33)13-18-2-1-3-20(25-18)21(28(11-10-26)16-24(34)35)12-17-4-6-19(7-5-17)29(36)37;/h1-7,21H,8-16H2,(H,30,31)(H,32,33)(H,34,35);/q;+3/p-3. The number of nitrogens with zero attached hydrogens (tertiary/aromatic N) is 5. The van der Waals surface area contributed by atoms with E-state index >= 15 is 0 Å². The Morgan fingerprint density at radius 3 is 2.03 bits per heavy atom. The minimum atomic E-state index is -1.33. The van der Waals surface area contributed by atoms with Gasteiger partial charge in [0.25, 0.3) is 5.69 Å². The Morgan fingerprint density at radius 2 is 1.42 bits per heavy atom. The summed E-state index contributed by atoms with van der Waals surface area (Å²) < 4.78 is 0. The molecule has 38 heavy (non-hydrogen) atoms. The van der Waals surface area contributed by atoms with Gasteiger partial charge < -0.3 is 29.7 Å². The van der Waals surface area contributed by atoms with Gasteiger partial charge in [0.05, 0.1) is 40.3 Å². The molecule has 0 N–H and O–H groups in total. The van der Waals surface area contributed by atoms with Crippen LogP contribution in [0.3, 0.4) is 0 Å². The first kappa shape index (κ1) is 31.4. The second-order valence-corrected chi connectivity index (χ2v) is 8.77. The van der Waals surface area contributed by atoms with Crippen LogP contribution in [0.15, 0.2) is 42.5 Å². The largest absolute Gasteiger partial charge is 3.00 e. The third-order valence-electron chi connectivity index (χ3n) is 6.05. The van der Waals surface area contributed by atoms with Crippen LogP contribution in [-0.2, 0) is 60.1 Å². The number of nitro benzene ring substituents is 1. The number of carboxylic acids is 3. The molecule has 1 aliphatic heterocycles. The summed E-state index contributed by atoms with van der Waals surface area (Å²) in [5.41, 5.74) is 1.66. The van der Waals surface area contributed by atoms with Gasteiger partial charge in [-0.3, -0.25) is 29.8 Å². The predicted octanol–water partition coefficient (Wildman–Crippen LogP) is -3.06. The van der Waals surface area contributed by atoms with Crippen LogP contribution in [0.4, 0.5) is 5.69 Å². The van der Waals surface area contributed by atoms with E-state index in [2.05, 4.69) is 4.98 Å². The van der Waals surface area contributed by atoms with Gasteiger partial charge in [0.1, 0.15) is 0 Å². The van der Waals surface area contributed by atoms with Gasteiger partial charge in [-0.1, -0.05) is 18.2 Å². The Morgan fingerprint density at radius 1 is 0.842 bits per heavy atom. The van der Waals surface area contributed by atoms with Gasteiger partial charge in [0.15, 0.2) is 0 Å². The van der Waals surface area contributed by atoms with E-state index in [0.29, 0.717) is 17.0 Å². The third-order valence-corrected chi connectivity index (χ3v) is 6.05.